The van der Waals surface area contributed by atoms with Gasteiger partial charge in [-0.25, -0.2) is 0 Å². The van der Waals surface area contributed by atoms with Crippen molar-refractivity contribution in [3.63, 3.8) is 0 Å². The Labute approximate surface area is 389 Å². The maximum Gasteiger partial charge on any atom is 0.201 e. The fourth-order valence-corrected chi connectivity index (χ4v) is 23.5. The van der Waals surface area contributed by atoms with Crippen LogP contribution in [0.1, 0.15) is 137 Å². The topological polar surface area (TPSA) is 92.3 Å². The van der Waals surface area contributed by atoms with Crippen molar-refractivity contribution in [1.82, 2.24) is 0 Å². The molecule has 0 aliphatic heterocycles. The van der Waals surface area contributed by atoms with Gasteiger partial charge in [0.2, 0.25) is 16.6 Å². The number of hydrogen-bond donors (Lipinski definition) is 0. The molecule has 5 rings (SSSR count). The van der Waals surface area contributed by atoms with Crippen LogP contribution in [0, 0.1) is 0 Å². The van der Waals surface area contributed by atoms with Crippen LogP contribution in [0.5, 0.6) is 11.5 Å². The summed E-state index contributed by atoms with van der Waals surface area (Å²) in [6.45, 7) is 35.1. The van der Waals surface area contributed by atoms with Crippen LogP contribution in [0.3, 0.4) is 0 Å². The average Bonchev–Trinajstić information content (AvgIpc) is 3.25. The van der Waals surface area contributed by atoms with Crippen molar-refractivity contribution in [3.8, 4) is 11.5 Å². The van der Waals surface area contributed by atoms with Crippen molar-refractivity contribution in [1.29, 1.82) is 0 Å². The highest BCUT2D eigenvalue weighted by molar-refractivity contribution is 6.78. The number of benzene rings is 2. The lowest BCUT2D eigenvalue weighted by Gasteiger charge is -2.55. The van der Waals surface area contributed by atoms with Gasteiger partial charge in [-0.15, -0.1) is 0 Å². The average molecular weight is 925 g/mol. The third-order valence-corrected chi connectivity index (χ3v) is 27.2. The lowest BCUT2D eigenvalue weighted by atomic mass is 9.55. The minimum absolute atomic E-state index is 0.0766. The normalized spacial score (nSPS) is 22.7. The van der Waals surface area contributed by atoms with Gasteiger partial charge in [-0.05, 0) is 92.5 Å². The molecule has 1 unspecified atom stereocenters. The molecular weight excluding hydrogens is 841 g/mol. The number of rotatable bonds is 24. The van der Waals surface area contributed by atoms with Gasteiger partial charge in [0.25, 0.3) is 0 Å². The van der Waals surface area contributed by atoms with Gasteiger partial charge in [0.05, 0.1) is 40.6 Å². The van der Waals surface area contributed by atoms with Crippen molar-refractivity contribution in [2.75, 3.05) is 68.5 Å². The molecule has 0 aromatic heterocycles. The highest BCUT2D eigenvalue weighted by atomic mass is 28.4. The lowest BCUT2D eigenvalue weighted by Crippen LogP contribution is -2.54. The summed E-state index contributed by atoms with van der Waals surface area (Å²) >= 11 is 0. The van der Waals surface area contributed by atoms with E-state index < -0.39 is 46.5 Å². The van der Waals surface area contributed by atoms with E-state index >= 15 is 0 Å². The fraction of sp³-hybridized carbons (Fsp3) is 0.692. The van der Waals surface area contributed by atoms with Crippen molar-refractivity contribution in [2.45, 2.75) is 165 Å². The van der Waals surface area contributed by atoms with Crippen molar-refractivity contribution < 1.29 is 46.7 Å². The Hall–Kier alpha value is -2.37. The zero-order chi connectivity index (χ0) is 47.1. The van der Waals surface area contributed by atoms with Crippen molar-refractivity contribution in [3.05, 3.63) is 76.4 Å². The van der Waals surface area contributed by atoms with E-state index in [1.165, 1.54) is 11.1 Å². The van der Waals surface area contributed by atoms with Gasteiger partial charge >= 0.3 is 0 Å². The Bertz CT molecular complexity index is 1830. The molecule has 0 radical (unpaired) electrons. The summed E-state index contributed by atoms with van der Waals surface area (Å²) in [5.74, 6) is 1.67. The Morgan fingerprint density at radius 2 is 1.03 bits per heavy atom. The van der Waals surface area contributed by atoms with E-state index in [4.69, 9.17) is 53.3 Å². The molecule has 3 aliphatic carbocycles. The van der Waals surface area contributed by atoms with Crippen LogP contribution < -0.4 is 9.47 Å². The summed E-state index contributed by atoms with van der Waals surface area (Å²) in [5.41, 5.74) is 9.27. The van der Waals surface area contributed by atoms with Crippen LogP contribution in [-0.2, 0) is 42.7 Å². The second-order valence-corrected chi connectivity index (χ2v) is 30.9. The second-order valence-electron chi connectivity index (χ2n) is 20.1. The first-order valence-corrected chi connectivity index (χ1v) is 28.2. The summed E-state index contributed by atoms with van der Waals surface area (Å²) in [6, 6.07) is 12.8. The molecule has 2 aromatic carbocycles. The number of allylic oxidation sites excluding steroid dienone is 1. The fourth-order valence-electron chi connectivity index (χ4n) is 12.5. The van der Waals surface area contributed by atoms with Gasteiger partial charge in [-0.1, -0.05) is 114 Å². The Balaban J connectivity index is 1.79. The highest BCUT2D eigenvalue weighted by Gasteiger charge is 2.58. The molecule has 0 fully saturated rings. The molecule has 12 heteroatoms. The molecule has 0 saturated carbocycles. The molecule has 5 atom stereocenters. The molecule has 10 nitrogen and oxygen atoms in total. The number of ether oxygens (including phenoxy) is 8. The van der Waals surface area contributed by atoms with Gasteiger partial charge in [0.1, 0.15) is 49.5 Å². The van der Waals surface area contributed by atoms with Crippen LogP contribution >= 0.6 is 0 Å². The number of hydrogen-bond acceptors (Lipinski definition) is 10. The molecule has 3 aliphatic rings. The van der Waals surface area contributed by atoms with E-state index in [1.54, 1.807) is 28.4 Å². The van der Waals surface area contributed by atoms with Crippen molar-refractivity contribution >= 4 is 22.2 Å². The molecule has 360 valence electrons. The van der Waals surface area contributed by atoms with Crippen LogP contribution in [-0.4, -0.2) is 97.3 Å². The molecule has 1 spiro atoms. The van der Waals surface area contributed by atoms with Crippen molar-refractivity contribution in [2.24, 2.45) is 0 Å². The first kappa shape index (κ1) is 52.6. The second kappa shape index (κ2) is 22.6. The van der Waals surface area contributed by atoms with E-state index in [-0.39, 0.29) is 13.6 Å². The lowest BCUT2D eigenvalue weighted by molar-refractivity contribution is -0.124. The maximum absolute atomic E-state index is 7.92. The Kier molecular flexibility index (Phi) is 18.6. The van der Waals surface area contributed by atoms with Gasteiger partial charge in [0.15, 0.2) is 0 Å². The molecule has 0 heterocycles. The zero-order valence-electron chi connectivity index (χ0n) is 42.4. The van der Waals surface area contributed by atoms with Crippen LogP contribution in [0.25, 0.3) is 5.57 Å². The summed E-state index contributed by atoms with van der Waals surface area (Å²) in [5, 5.41) is 0. The molecule has 64 heavy (non-hydrogen) atoms. The smallest absolute Gasteiger partial charge is 0.201 e. The van der Waals surface area contributed by atoms with E-state index in [0.717, 1.165) is 52.2 Å². The summed E-state index contributed by atoms with van der Waals surface area (Å²) in [6.07, 6.45) is 0.294. The summed E-state index contributed by atoms with van der Waals surface area (Å²) < 4.78 is 65.4. The molecule has 0 amide bonds. The van der Waals surface area contributed by atoms with E-state index in [2.05, 4.69) is 119 Å². The number of methoxy groups -OCH3 is 4. The summed E-state index contributed by atoms with van der Waals surface area (Å²) in [4.78, 5) is 0. The van der Waals surface area contributed by atoms with Crippen LogP contribution in [0.15, 0.2) is 54.1 Å². The monoisotopic (exact) mass is 925 g/mol. The first-order valence-electron chi connectivity index (χ1n) is 23.9. The predicted octanol–water partition coefficient (Wildman–Crippen LogP) is 12.6. The minimum Gasteiger partial charge on any atom is -0.496 e. The zero-order valence-corrected chi connectivity index (χ0v) is 44.4. The third-order valence-electron chi connectivity index (χ3n) is 15.1. The highest BCUT2D eigenvalue weighted by Crippen LogP contribution is 2.63. The maximum atomic E-state index is 7.92. The van der Waals surface area contributed by atoms with Crippen LogP contribution in [0.2, 0.25) is 33.2 Å². The molecule has 0 N–H and O–H groups in total. The minimum atomic E-state index is -2.50. The largest absolute Gasteiger partial charge is 0.496 e. The Morgan fingerprint density at radius 1 is 0.578 bits per heavy atom. The molecule has 0 saturated heterocycles. The quantitative estimate of drug-likeness (QED) is 0.0439. The predicted molar refractivity (Wildman–Crippen MR) is 262 cm³/mol. The third kappa shape index (κ3) is 9.80. The van der Waals surface area contributed by atoms with E-state index in [0.29, 0.717) is 66.1 Å². The van der Waals surface area contributed by atoms with Gasteiger partial charge in [0, 0.05) is 30.8 Å². The SMILES string of the molecule is C=C1[C@H](OCOCCOC)[C@@H](O[Si](C(C)C)(C(C)C)C(C)C)c2cccc(OC)c2C12CCC1=C(C2)[C@@H](OCOCCOC)[C@H](O[Si](C(C)C)(C(C)C)C(C)C)c2cccc(OC)c21. The Morgan fingerprint density at radius 3 is 1.50 bits per heavy atom. The number of fused-ring (bicyclic) bond motifs is 4. The molecule has 0 bridgehead atoms. The van der Waals surface area contributed by atoms with Gasteiger partial charge in [-0.3, -0.25) is 0 Å². The molecular formula is C52H84O10Si2. The van der Waals surface area contributed by atoms with E-state index in [1.807, 2.05) is 0 Å². The van der Waals surface area contributed by atoms with Gasteiger partial charge < -0.3 is 46.7 Å². The van der Waals surface area contributed by atoms with Crippen LogP contribution in [0.4, 0.5) is 0 Å². The molecule has 2 aromatic rings. The standard InChI is InChI=1S/C52H84O10Si2/c1-33(2)63(34(3)4,35(5)6)61-50-41-20-18-22-44(55-16)46(41)40-24-25-52(30-43(40)49(50)60-32-58-29-27-54-15)39(13)48(59-31-57-28-26-53-14)51(42-21-19-23-45(56-17)47(42)52)62-64(36(7)8,37(9)10)38(11)12/h18-23,33-38,48-51H,13,24-32H2,1-12,14-17H3/t48-,49+,50+,51-,52?/m0/s1. The summed E-state index contributed by atoms with van der Waals surface area (Å²) in [7, 11) is 1.94. The van der Waals surface area contributed by atoms with E-state index in [9.17, 15) is 0 Å². The van der Waals surface area contributed by atoms with Gasteiger partial charge in [-0.2, -0.15) is 0 Å². The first-order chi connectivity index (χ1) is 30.5.